The molecule has 0 radical (unpaired) electrons. The zero-order valence-corrected chi connectivity index (χ0v) is 8.08. The number of hydrogen-bond acceptors (Lipinski definition) is 3. The Bertz CT molecular complexity index is 137. The molecule has 0 saturated heterocycles. The van der Waals surface area contributed by atoms with Crippen LogP contribution >= 0.6 is 0 Å². The second kappa shape index (κ2) is 5.97. The number of hydrogen-bond donors (Lipinski definition) is 1. The summed E-state index contributed by atoms with van der Waals surface area (Å²) in [4.78, 5) is 14.3. The van der Waals surface area contributed by atoms with Crippen molar-refractivity contribution in [2.45, 2.75) is 6.92 Å². The molecule has 0 aromatic carbocycles. The number of likely N-dealkylation sites (N-methyl/N-ethyl adjacent to an activating group) is 2. The summed E-state index contributed by atoms with van der Waals surface area (Å²) in [6.07, 6.45) is 0. The minimum Gasteiger partial charge on any atom is -0.480 e. The van der Waals surface area contributed by atoms with E-state index in [0.717, 1.165) is 19.6 Å². The summed E-state index contributed by atoms with van der Waals surface area (Å²) in [6, 6.07) is 0. The van der Waals surface area contributed by atoms with Crippen LogP contribution in [0.2, 0.25) is 0 Å². The molecule has 0 bridgehead atoms. The van der Waals surface area contributed by atoms with Gasteiger partial charge in [0.05, 0.1) is 6.54 Å². The summed E-state index contributed by atoms with van der Waals surface area (Å²) in [5, 5.41) is 8.52. The average molecular weight is 174 g/mol. The molecule has 0 heterocycles. The summed E-state index contributed by atoms with van der Waals surface area (Å²) < 4.78 is 0. The maximum absolute atomic E-state index is 10.4. The van der Waals surface area contributed by atoms with E-state index in [0.29, 0.717) is 0 Å². The Balaban J connectivity index is 3.60. The topological polar surface area (TPSA) is 43.8 Å². The molecular formula is C8H18N2O2. The predicted molar refractivity (Wildman–Crippen MR) is 48.3 cm³/mol. The monoisotopic (exact) mass is 174 g/mol. The van der Waals surface area contributed by atoms with Crippen molar-refractivity contribution < 1.29 is 9.90 Å². The van der Waals surface area contributed by atoms with E-state index in [2.05, 4.69) is 0 Å². The van der Waals surface area contributed by atoms with Crippen LogP contribution in [0.4, 0.5) is 0 Å². The first kappa shape index (κ1) is 11.4. The van der Waals surface area contributed by atoms with Crippen molar-refractivity contribution in [1.29, 1.82) is 0 Å². The highest BCUT2D eigenvalue weighted by Gasteiger charge is 2.06. The van der Waals surface area contributed by atoms with Gasteiger partial charge in [0.25, 0.3) is 0 Å². The SMILES string of the molecule is CCN(CCN(C)C)CC(=O)O. The van der Waals surface area contributed by atoms with E-state index in [1.54, 1.807) is 0 Å². The van der Waals surface area contributed by atoms with E-state index in [4.69, 9.17) is 5.11 Å². The molecule has 4 nitrogen and oxygen atoms in total. The van der Waals surface area contributed by atoms with Crippen molar-refractivity contribution >= 4 is 5.97 Å². The lowest BCUT2D eigenvalue weighted by atomic mass is 10.4. The number of carboxylic acids is 1. The maximum atomic E-state index is 10.4. The minimum absolute atomic E-state index is 0.143. The molecule has 72 valence electrons. The van der Waals surface area contributed by atoms with Crippen molar-refractivity contribution in [2.75, 3.05) is 40.3 Å². The third-order valence-corrected chi connectivity index (χ3v) is 1.67. The highest BCUT2D eigenvalue weighted by Crippen LogP contribution is 1.87. The molecule has 0 spiro atoms. The predicted octanol–water partition coefficient (Wildman–Crippen LogP) is -0.0455. The van der Waals surface area contributed by atoms with Gasteiger partial charge in [-0.1, -0.05) is 6.92 Å². The molecule has 0 atom stereocenters. The third kappa shape index (κ3) is 6.12. The fourth-order valence-electron chi connectivity index (χ4n) is 0.882. The first-order valence-corrected chi connectivity index (χ1v) is 4.15. The molecule has 0 saturated carbocycles. The molecule has 12 heavy (non-hydrogen) atoms. The molecule has 0 unspecified atom stereocenters. The Morgan fingerprint density at radius 1 is 1.33 bits per heavy atom. The number of carbonyl (C=O) groups is 1. The Morgan fingerprint density at radius 2 is 1.92 bits per heavy atom. The summed E-state index contributed by atoms with van der Waals surface area (Å²) in [7, 11) is 3.96. The lowest BCUT2D eigenvalue weighted by Gasteiger charge is -2.20. The van der Waals surface area contributed by atoms with Crippen LogP contribution in [0.1, 0.15) is 6.92 Å². The molecule has 0 aliphatic heterocycles. The summed E-state index contributed by atoms with van der Waals surface area (Å²) in [6.45, 7) is 4.62. The van der Waals surface area contributed by atoms with Crippen LogP contribution in [0.3, 0.4) is 0 Å². The number of nitrogens with zero attached hydrogens (tertiary/aromatic N) is 2. The minimum atomic E-state index is -0.754. The van der Waals surface area contributed by atoms with E-state index in [1.165, 1.54) is 0 Å². The molecule has 0 rings (SSSR count). The Labute approximate surface area is 73.8 Å². The van der Waals surface area contributed by atoms with Crippen molar-refractivity contribution in [1.82, 2.24) is 9.80 Å². The molecule has 0 aliphatic rings. The Hall–Kier alpha value is -0.610. The molecule has 0 aromatic heterocycles. The second-order valence-corrected chi connectivity index (χ2v) is 3.07. The van der Waals surface area contributed by atoms with E-state index in [-0.39, 0.29) is 6.54 Å². The van der Waals surface area contributed by atoms with Gasteiger partial charge in [-0.25, -0.2) is 0 Å². The maximum Gasteiger partial charge on any atom is 0.317 e. The zero-order valence-electron chi connectivity index (χ0n) is 8.08. The van der Waals surface area contributed by atoms with Gasteiger partial charge in [-0.3, -0.25) is 9.69 Å². The first-order chi connectivity index (χ1) is 5.56. The molecule has 0 aliphatic carbocycles. The Morgan fingerprint density at radius 3 is 2.25 bits per heavy atom. The fourth-order valence-corrected chi connectivity index (χ4v) is 0.882. The van der Waals surface area contributed by atoms with Crippen LogP contribution < -0.4 is 0 Å². The van der Waals surface area contributed by atoms with Crippen LogP contribution in [0.15, 0.2) is 0 Å². The third-order valence-electron chi connectivity index (χ3n) is 1.67. The van der Waals surface area contributed by atoms with Crippen LogP contribution in [0, 0.1) is 0 Å². The van der Waals surface area contributed by atoms with Crippen molar-refractivity contribution in [2.24, 2.45) is 0 Å². The lowest BCUT2D eigenvalue weighted by Crippen LogP contribution is -2.35. The van der Waals surface area contributed by atoms with Crippen LogP contribution in [0.25, 0.3) is 0 Å². The van der Waals surface area contributed by atoms with E-state index in [9.17, 15) is 4.79 Å². The molecule has 0 fully saturated rings. The van der Waals surface area contributed by atoms with Gasteiger partial charge in [0.15, 0.2) is 0 Å². The van der Waals surface area contributed by atoms with Gasteiger partial charge in [0, 0.05) is 13.1 Å². The van der Waals surface area contributed by atoms with Crippen molar-refractivity contribution in [3.63, 3.8) is 0 Å². The first-order valence-electron chi connectivity index (χ1n) is 4.15. The van der Waals surface area contributed by atoms with Crippen LogP contribution in [0.5, 0.6) is 0 Å². The van der Waals surface area contributed by atoms with E-state index >= 15 is 0 Å². The second-order valence-electron chi connectivity index (χ2n) is 3.07. The van der Waals surface area contributed by atoms with Crippen molar-refractivity contribution in [3.8, 4) is 0 Å². The molecule has 0 amide bonds. The Kier molecular flexibility index (Phi) is 5.66. The number of carboxylic acid groups (broad SMARTS) is 1. The highest BCUT2D eigenvalue weighted by molar-refractivity contribution is 5.69. The standard InChI is InChI=1S/C8H18N2O2/c1-4-10(7-8(11)12)6-5-9(2)3/h4-7H2,1-3H3,(H,11,12). The number of rotatable bonds is 6. The van der Waals surface area contributed by atoms with E-state index < -0.39 is 5.97 Å². The van der Waals surface area contributed by atoms with Crippen LogP contribution in [-0.4, -0.2) is 61.2 Å². The fraction of sp³-hybridized carbons (Fsp3) is 0.875. The summed E-state index contributed by atoms with van der Waals surface area (Å²) in [5.41, 5.74) is 0. The van der Waals surface area contributed by atoms with Gasteiger partial charge in [0.2, 0.25) is 0 Å². The molecule has 0 aromatic rings. The molecule has 4 heteroatoms. The number of aliphatic carboxylic acids is 1. The highest BCUT2D eigenvalue weighted by atomic mass is 16.4. The van der Waals surface area contributed by atoms with Crippen LogP contribution in [-0.2, 0) is 4.79 Å². The lowest BCUT2D eigenvalue weighted by molar-refractivity contribution is -0.138. The van der Waals surface area contributed by atoms with Gasteiger partial charge >= 0.3 is 5.97 Å². The summed E-state index contributed by atoms with van der Waals surface area (Å²) >= 11 is 0. The zero-order chi connectivity index (χ0) is 9.56. The quantitative estimate of drug-likeness (QED) is 0.613. The van der Waals surface area contributed by atoms with Gasteiger partial charge in [-0.15, -0.1) is 0 Å². The largest absolute Gasteiger partial charge is 0.480 e. The molecule has 1 N–H and O–H groups in total. The van der Waals surface area contributed by atoms with Gasteiger partial charge in [0.1, 0.15) is 0 Å². The normalized spacial score (nSPS) is 11.1. The summed E-state index contributed by atoms with van der Waals surface area (Å²) in [5.74, 6) is -0.754. The van der Waals surface area contributed by atoms with Gasteiger partial charge < -0.3 is 10.0 Å². The average Bonchev–Trinajstić information content (AvgIpc) is 1.97. The van der Waals surface area contributed by atoms with Crippen molar-refractivity contribution in [3.05, 3.63) is 0 Å². The van der Waals surface area contributed by atoms with Gasteiger partial charge in [-0.05, 0) is 20.6 Å². The molecular weight excluding hydrogens is 156 g/mol. The van der Waals surface area contributed by atoms with E-state index in [1.807, 2.05) is 30.8 Å². The smallest absolute Gasteiger partial charge is 0.317 e. The van der Waals surface area contributed by atoms with Gasteiger partial charge in [-0.2, -0.15) is 0 Å².